The monoisotopic (exact) mass is 208 g/mol. The summed E-state index contributed by atoms with van der Waals surface area (Å²) in [5, 5.41) is 0. The molecule has 0 fully saturated rings. The zero-order valence-corrected chi connectivity index (χ0v) is 8.81. The fourth-order valence-corrected chi connectivity index (χ4v) is 1.16. The molecule has 0 N–H and O–H groups in total. The lowest BCUT2D eigenvalue weighted by molar-refractivity contribution is 0.153. The fourth-order valence-electron chi connectivity index (χ4n) is 1.01. The maximum absolute atomic E-state index is 5.04. The van der Waals surface area contributed by atoms with Crippen LogP contribution in [0.2, 0.25) is 0 Å². The second-order valence-electron chi connectivity index (χ2n) is 3.12. The van der Waals surface area contributed by atoms with Crippen LogP contribution in [-0.4, -0.2) is 18.5 Å². The van der Waals surface area contributed by atoms with Gasteiger partial charge in [-0.3, -0.25) is 0 Å². The lowest BCUT2D eigenvalue weighted by Crippen LogP contribution is -2.21. The zero-order chi connectivity index (χ0) is 8.15. The second-order valence-corrected chi connectivity index (χ2v) is 4.18. The molecule has 0 aromatic heterocycles. The van der Waals surface area contributed by atoms with Crippen LogP contribution in [0, 0.1) is 11.8 Å². The summed E-state index contributed by atoms with van der Waals surface area (Å²) >= 11 is 3.63. The highest BCUT2D eigenvalue weighted by atomic mass is 79.9. The number of ether oxygens (including phenoxy) is 1. The highest BCUT2D eigenvalue weighted by Gasteiger charge is 2.16. The van der Waals surface area contributed by atoms with Crippen molar-refractivity contribution >= 4 is 15.9 Å². The minimum Gasteiger partial charge on any atom is -0.384 e. The van der Waals surface area contributed by atoms with E-state index in [1.54, 1.807) is 7.11 Å². The number of rotatable bonds is 4. The van der Waals surface area contributed by atoms with E-state index < -0.39 is 0 Å². The Morgan fingerprint density at radius 2 is 1.80 bits per heavy atom. The van der Waals surface area contributed by atoms with E-state index in [1.165, 1.54) is 0 Å². The maximum atomic E-state index is 5.04. The van der Waals surface area contributed by atoms with Gasteiger partial charge >= 0.3 is 0 Å². The Kier molecular flexibility index (Phi) is 5.36. The lowest BCUT2D eigenvalue weighted by atomic mass is 10.00. The molecule has 2 atom stereocenters. The molecule has 0 aliphatic rings. The van der Waals surface area contributed by atoms with Crippen LogP contribution >= 0.6 is 15.9 Å². The van der Waals surface area contributed by atoms with Gasteiger partial charge in [0.2, 0.25) is 0 Å². The third-order valence-corrected chi connectivity index (χ3v) is 3.57. The third kappa shape index (κ3) is 3.57. The summed E-state index contributed by atoms with van der Waals surface area (Å²) in [4.78, 5) is 0.576. The molecule has 0 rings (SSSR count). The number of methoxy groups -OCH3 is 1. The average molecular weight is 209 g/mol. The van der Waals surface area contributed by atoms with Crippen LogP contribution in [0.4, 0.5) is 0 Å². The first-order valence-electron chi connectivity index (χ1n) is 3.72. The standard InChI is InChI=1S/C8H17BrO/c1-6(2)8(9)7(3)5-10-4/h6-8H,5H2,1-4H3. The molecule has 0 bridgehead atoms. The van der Waals surface area contributed by atoms with Gasteiger partial charge in [-0.1, -0.05) is 36.7 Å². The predicted octanol–water partition coefficient (Wildman–Crippen LogP) is 2.69. The van der Waals surface area contributed by atoms with Gasteiger partial charge < -0.3 is 4.74 Å². The van der Waals surface area contributed by atoms with Crippen LogP contribution in [-0.2, 0) is 4.74 Å². The normalized spacial score (nSPS) is 17.4. The second kappa shape index (κ2) is 5.14. The summed E-state index contributed by atoms with van der Waals surface area (Å²) in [7, 11) is 1.75. The van der Waals surface area contributed by atoms with E-state index in [9.17, 15) is 0 Å². The summed E-state index contributed by atoms with van der Waals surface area (Å²) in [6, 6.07) is 0. The smallest absolute Gasteiger partial charge is 0.0498 e. The lowest BCUT2D eigenvalue weighted by Gasteiger charge is -2.20. The average Bonchev–Trinajstić information content (AvgIpc) is 1.87. The van der Waals surface area contributed by atoms with Crippen molar-refractivity contribution in [2.24, 2.45) is 11.8 Å². The number of hydrogen-bond donors (Lipinski definition) is 0. The van der Waals surface area contributed by atoms with Crippen molar-refractivity contribution in [2.75, 3.05) is 13.7 Å². The Bertz CT molecular complexity index is 83.3. The molecule has 0 aromatic carbocycles. The van der Waals surface area contributed by atoms with Crippen molar-refractivity contribution in [1.29, 1.82) is 0 Å². The first kappa shape index (κ1) is 10.4. The summed E-state index contributed by atoms with van der Waals surface area (Å²) in [6.45, 7) is 7.47. The Balaban J connectivity index is 3.58. The molecule has 2 heteroatoms. The Morgan fingerprint density at radius 3 is 2.10 bits per heavy atom. The maximum Gasteiger partial charge on any atom is 0.0498 e. The van der Waals surface area contributed by atoms with Crippen molar-refractivity contribution < 1.29 is 4.74 Å². The number of alkyl halides is 1. The highest BCUT2D eigenvalue weighted by Crippen LogP contribution is 2.20. The van der Waals surface area contributed by atoms with Crippen LogP contribution in [0.15, 0.2) is 0 Å². The van der Waals surface area contributed by atoms with Gasteiger partial charge in [0, 0.05) is 18.5 Å². The molecule has 0 radical (unpaired) electrons. The minimum absolute atomic E-state index is 0.576. The molecule has 2 unspecified atom stereocenters. The highest BCUT2D eigenvalue weighted by molar-refractivity contribution is 9.09. The van der Waals surface area contributed by atoms with Gasteiger partial charge in [0.15, 0.2) is 0 Å². The van der Waals surface area contributed by atoms with Crippen LogP contribution in [0.5, 0.6) is 0 Å². The van der Waals surface area contributed by atoms with Crippen molar-refractivity contribution in [3.05, 3.63) is 0 Å². The van der Waals surface area contributed by atoms with Gasteiger partial charge in [0.25, 0.3) is 0 Å². The van der Waals surface area contributed by atoms with Gasteiger partial charge in [-0.15, -0.1) is 0 Å². The van der Waals surface area contributed by atoms with Crippen molar-refractivity contribution in [3.8, 4) is 0 Å². The Hall–Kier alpha value is 0.440. The Morgan fingerprint density at radius 1 is 1.30 bits per heavy atom. The quantitative estimate of drug-likeness (QED) is 0.647. The largest absolute Gasteiger partial charge is 0.384 e. The SMILES string of the molecule is COCC(C)C(Br)C(C)C. The van der Waals surface area contributed by atoms with Crippen LogP contribution in [0.25, 0.3) is 0 Å². The molecule has 0 saturated carbocycles. The molecule has 0 spiro atoms. The number of halogens is 1. The molecule has 0 aliphatic heterocycles. The van der Waals surface area contributed by atoms with Crippen molar-refractivity contribution in [2.45, 2.75) is 25.6 Å². The molecule has 0 aromatic rings. The van der Waals surface area contributed by atoms with Gasteiger partial charge in [0.1, 0.15) is 0 Å². The molecule has 0 heterocycles. The first-order valence-corrected chi connectivity index (χ1v) is 4.64. The molecule has 1 nitrogen and oxygen atoms in total. The Labute approximate surface area is 72.3 Å². The van der Waals surface area contributed by atoms with E-state index in [1.807, 2.05) is 0 Å². The summed E-state index contributed by atoms with van der Waals surface area (Å²) < 4.78 is 5.04. The molecule has 0 aliphatic carbocycles. The van der Waals surface area contributed by atoms with Crippen LogP contribution in [0.3, 0.4) is 0 Å². The summed E-state index contributed by atoms with van der Waals surface area (Å²) in [6.07, 6.45) is 0. The van der Waals surface area contributed by atoms with Crippen LogP contribution in [0.1, 0.15) is 20.8 Å². The molecular formula is C8H17BrO. The van der Waals surface area contributed by atoms with Gasteiger partial charge in [-0.2, -0.15) is 0 Å². The van der Waals surface area contributed by atoms with Crippen molar-refractivity contribution in [3.63, 3.8) is 0 Å². The topological polar surface area (TPSA) is 9.23 Å². The molecule has 62 valence electrons. The summed E-state index contributed by atoms with van der Waals surface area (Å²) in [5.41, 5.74) is 0. The van der Waals surface area contributed by atoms with E-state index in [4.69, 9.17) is 4.74 Å². The van der Waals surface area contributed by atoms with Gasteiger partial charge in [-0.05, 0) is 11.8 Å². The van der Waals surface area contributed by atoms with Crippen LogP contribution < -0.4 is 0 Å². The first-order chi connectivity index (χ1) is 4.59. The van der Waals surface area contributed by atoms with E-state index in [0.29, 0.717) is 16.7 Å². The van der Waals surface area contributed by atoms with E-state index >= 15 is 0 Å². The molecule has 10 heavy (non-hydrogen) atoms. The van der Waals surface area contributed by atoms with Gasteiger partial charge in [0.05, 0.1) is 0 Å². The molecular weight excluding hydrogens is 192 g/mol. The van der Waals surface area contributed by atoms with E-state index in [-0.39, 0.29) is 0 Å². The zero-order valence-electron chi connectivity index (χ0n) is 7.23. The fraction of sp³-hybridized carbons (Fsp3) is 1.00. The summed E-state index contributed by atoms with van der Waals surface area (Å²) in [5.74, 6) is 1.29. The van der Waals surface area contributed by atoms with Crippen molar-refractivity contribution in [1.82, 2.24) is 0 Å². The number of hydrogen-bond acceptors (Lipinski definition) is 1. The third-order valence-electron chi connectivity index (χ3n) is 1.61. The van der Waals surface area contributed by atoms with E-state index in [0.717, 1.165) is 6.61 Å². The van der Waals surface area contributed by atoms with E-state index in [2.05, 4.69) is 36.7 Å². The molecule has 0 saturated heterocycles. The minimum atomic E-state index is 0.576. The van der Waals surface area contributed by atoms with Gasteiger partial charge in [-0.25, -0.2) is 0 Å². The predicted molar refractivity (Wildman–Crippen MR) is 48.6 cm³/mol. The molecule has 0 amide bonds.